The summed E-state index contributed by atoms with van der Waals surface area (Å²) in [7, 11) is 0. The highest BCUT2D eigenvalue weighted by molar-refractivity contribution is 6.15. The molecule has 6 rings (SSSR count). The average Bonchev–Trinajstić information content (AvgIpc) is 2.95. The molecule has 0 saturated carbocycles. The summed E-state index contributed by atoms with van der Waals surface area (Å²) >= 11 is 0. The molecule has 0 spiro atoms. The molecule has 1 atom stereocenters. The lowest BCUT2D eigenvalue weighted by atomic mass is 9.76. The molecule has 0 fully saturated rings. The molecule has 0 aromatic heterocycles. The zero-order valence-corrected chi connectivity index (χ0v) is 22.8. The van der Waals surface area contributed by atoms with E-state index < -0.39 is 0 Å². The molecule has 0 radical (unpaired) electrons. The van der Waals surface area contributed by atoms with Gasteiger partial charge in [-0.15, -0.1) is 0 Å². The average molecular weight is 491 g/mol. The highest BCUT2D eigenvalue weighted by atomic mass is 14.3. The van der Waals surface area contributed by atoms with Gasteiger partial charge in [0.2, 0.25) is 0 Å². The van der Waals surface area contributed by atoms with Crippen LogP contribution in [0.2, 0.25) is 0 Å². The zero-order valence-electron chi connectivity index (χ0n) is 22.8. The molecule has 38 heavy (non-hydrogen) atoms. The van der Waals surface area contributed by atoms with E-state index in [9.17, 15) is 0 Å². The minimum atomic E-state index is 0.469. The van der Waals surface area contributed by atoms with Crippen molar-refractivity contribution < 1.29 is 0 Å². The Balaban J connectivity index is 1.62. The van der Waals surface area contributed by atoms with Gasteiger partial charge in [-0.05, 0) is 110 Å². The van der Waals surface area contributed by atoms with Gasteiger partial charge in [-0.25, -0.2) is 0 Å². The van der Waals surface area contributed by atoms with Gasteiger partial charge in [0.15, 0.2) is 0 Å². The second-order valence-electron chi connectivity index (χ2n) is 10.6. The molecule has 0 amide bonds. The predicted molar refractivity (Wildman–Crippen MR) is 169 cm³/mol. The third kappa shape index (κ3) is 3.67. The molecular weight excluding hydrogens is 456 g/mol. The molecular formula is C38H34. The van der Waals surface area contributed by atoms with Gasteiger partial charge in [0.25, 0.3) is 0 Å². The summed E-state index contributed by atoms with van der Waals surface area (Å²) in [5, 5.41) is 5.27. The van der Waals surface area contributed by atoms with Crippen molar-refractivity contribution in [3.63, 3.8) is 0 Å². The molecule has 0 heteroatoms. The zero-order chi connectivity index (χ0) is 26.4. The lowest BCUT2D eigenvalue weighted by Crippen LogP contribution is -2.08. The van der Waals surface area contributed by atoms with Crippen molar-refractivity contribution in [2.75, 3.05) is 0 Å². The highest BCUT2D eigenvalue weighted by Crippen LogP contribution is 2.45. The van der Waals surface area contributed by atoms with Crippen LogP contribution in [0.5, 0.6) is 0 Å². The maximum Gasteiger partial charge on any atom is -0.00266 e. The Morgan fingerprint density at radius 2 is 1.26 bits per heavy atom. The third-order valence-electron chi connectivity index (χ3n) is 8.39. The van der Waals surface area contributed by atoms with Crippen molar-refractivity contribution in [1.29, 1.82) is 0 Å². The molecule has 0 N–H and O–H groups in total. The van der Waals surface area contributed by atoms with E-state index in [2.05, 4.69) is 131 Å². The standard InChI is InChI=1S/C38H34/c1-6-13-33-29(7-2)25(4)32-19-12-14-24(3)36(32)38(33)28-22-20-27(21-23-28)37-34-17-10-8-15-30(34)26(5)31-16-9-11-18-35(31)37/h6-13,15-24H,2,14H2,1,3-5H3/b13-6-. The Hall–Kier alpha value is -4.16. The summed E-state index contributed by atoms with van der Waals surface area (Å²) in [6.45, 7) is 13.1. The summed E-state index contributed by atoms with van der Waals surface area (Å²) < 4.78 is 0. The van der Waals surface area contributed by atoms with Crippen molar-refractivity contribution in [3.05, 3.63) is 125 Å². The molecule has 5 aromatic rings. The maximum atomic E-state index is 4.20. The number of hydrogen-bond donors (Lipinski definition) is 0. The number of fused-ring (bicyclic) bond motifs is 3. The Morgan fingerprint density at radius 3 is 1.82 bits per heavy atom. The minimum Gasteiger partial charge on any atom is -0.0984 e. The highest BCUT2D eigenvalue weighted by Gasteiger charge is 2.24. The van der Waals surface area contributed by atoms with E-state index >= 15 is 0 Å². The van der Waals surface area contributed by atoms with Crippen molar-refractivity contribution in [2.45, 2.75) is 40.0 Å². The smallest absolute Gasteiger partial charge is 0.00266 e. The molecule has 0 nitrogen and oxygen atoms in total. The van der Waals surface area contributed by atoms with E-state index in [0.717, 1.165) is 6.42 Å². The summed E-state index contributed by atoms with van der Waals surface area (Å²) in [5.74, 6) is 0.469. The first-order valence-corrected chi connectivity index (χ1v) is 13.7. The van der Waals surface area contributed by atoms with Gasteiger partial charge in [-0.1, -0.05) is 117 Å². The van der Waals surface area contributed by atoms with Crippen LogP contribution in [0.3, 0.4) is 0 Å². The van der Waals surface area contributed by atoms with Gasteiger partial charge < -0.3 is 0 Å². The molecule has 0 bridgehead atoms. The first kappa shape index (κ1) is 24.2. The van der Waals surface area contributed by atoms with E-state index in [1.807, 2.05) is 6.08 Å². The summed E-state index contributed by atoms with van der Waals surface area (Å²) in [6.07, 6.45) is 12.2. The summed E-state index contributed by atoms with van der Waals surface area (Å²) in [5.41, 5.74) is 13.2. The van der Waals surface area contributed by atoms with Crippen LogP contribution in [0.25, 0.3) is 62.0 Å². The van der Waals surface area contributed by atoms with Crippen LogP contribution in [0, 0.1) is 13.8 Å². The van der Waals surface area contributed by atoms with Crippen molar-refractivity contribution in [1.82, 2.24) is 0 Å². The number of hydrogen-bond acceptors (Lipinski definition) is 0. The number of allylic oxidation sites excluding steroid dienone is 2. The Bertz CT molecular complexity index is 1720. The molecule has 1 unspecified atom stereocenters. The van der Waals surface area contributed by atoms with Gasteiger partial charge in [0, 0.05) is 0 Å². The van der Waals surface area contributed by atoms with Gasteiger partial charge in [0.1, 0.15) is 0 Å². The SMILES string of the molecule is C=Cc1c(C)c2c(c(-c3ccc(-c4c5ccccc5c(C)c5ccccc45)cc3)c1/C=C\C)C(C)CC=C2. The lowest BCUT2D eigenvalue weighted by molar-refractivity contribution is 0.771. The van der Waals surface area contributed by atoms with Crippen LogP contribution in [-0.4, -0.2) is 0 Å². The largest absolute Gasteiger partial charge is 0.0984 e. The second-order valence-corrected chi connectivity index (χ2v) is 10.6. The van der Waals surface area contributed by atoms with Crippen LogP contribution in [-0.2, 0) is 0 Å². The first-order valence-electron chi connectivity index (χ1n) is 13.7. The second kappa shape index (κ2) is 9.62. The van der Waals surface area contributed by atoms with E-state index in [4.69, 9.17) is 0 Å². The van der Waals surface area contributed by atoms with Gasteiger partial charge in [-0.3, -0.25) is 0 Å². The first-order chi connectivity index (χ1) is 18.5. The quantitative estimate of drug-likeness (QED) is 0.220. The number of rotatable bonds is 4. The molecule has 0 aliphatic heterocycles. The van der Waals surface area contributed by atoms with Crippen molar-refractivity contribution in [2.24, 2.45) is 0 Å². The van der Waals surface area contributed by atoms with E-state index in [1.165, 1.54) is 77.2 Å². The predicted octanol–water partition coefficient (Wildman–Crippen LogP) is 11.1. The fourth-order valence-corrected chi connectivity index (χ4v) is 6.57. The fourth-order valence-electron chi connectivity index (χ4n) is 6.57. The molecule has 5 aromatic carbocycles. The molecule has 186 valence electrons. The minimum absolute atomic E-state index is 0.469. The van der Waals surface area contributed by atoms with Gasteiger partial charge in [-0.2, -0.15) is 0 Å². The molecule has 1 aliphatic rings. The monoisotopic (exact) mass is 490 g/mol. The normalized spacial score (nSPS) is 14.9. The molecule has 0 saturated heterocycles. The van der Waals surface area contributed by atoms with Crippen LogP contribution < -0.4 is 0 Å². The number of benzene rings is 5. The van der Waals surface area contributed by atoms with E-state index in [-0.39, 0.29) is 0 Å². The summed E-state index contributed by atoms with van der Waals surface area (Å²) in [6, 6.07) is 26.9. The summed E-state index contributed by atoms with van der Waals surface area (Å²) in [4.78, 5) is 0. The van der Waals surface area contributed by atoms with Crippen molar-refractivity contribution >= 4 is 39.8 Å². The van der Waals surface area contributed by atoms with Crippen LogP contribution in [0.1, 0.15) is 59.6 Å². The topological polar surface area (TPSA) is 0 Å². The fraction of sp³-hybridized carbons (Fsp3) is 0.158. The van der Waals surface area contributed by atoms with Crippen LogP contribution in [0.15, 0.2) is 91.5 Å². The van der Waals surface area contributed by atoms with Gasteiger partial charge >= 0.3 is 0 Å². The Morgan fingerprint density at radius 1 is 0.711 bits per heavy atom. The Kier molecular flexibility index (Phi) is 6.12. The van der Waals surface area contributed by atoms with Crippen molar-refractivity contribution in [3.8, 4) is 22.3 Å². The third-order valence-corrected chi connectivity index (χ3v) is 8.39. The van der Waals surface area contributed by atoms with Crippen LogP contribution in [0.4, 0.5) is 0 Å². The van der Waals surface area contributed by atoms with E-state index in [1.54, 1.807) is 0 Å². The maximum absolute atomic E-state index is 4.20. The van der Waals surface area contributed by atoms with Gasteiger partial charge in [0.05, 0.1) is 0 Å². The van der Waals surface area contributed by atoms with E-state index in [0.29, 0.717) is 5.92 Å². The molecule has 0 heterocycles. The lowest BCUT2D eigenvalue weighted by Gasteiger charge is -2.28. The van der Waals surface area contributed by atoms with Crippen LogP contribution >= 0.6 is 0 Å². The Labute approximate surface area is 226 Å². The molecule has 1 aliphatic carbocycles. The number of aryl methyl sites for hydroxylation is 1.